The van der Waals surface area contributed by atoms with Gasteiger partial charge in [-0.3, -0.25) is 9.59 Å². The standard InChI is InChI=1S/C18H26N4O2/c1-13-21-14-7-5-6-8-15(14)22(13)12-11-19-16(23)9-10-20-17(24)18(2,3)4/h5-8H,9-12H2,1-4H3,(H,19,23)(H,20,24). The van der Waals surface area contributed by atoms with Crippen LogP contribution in [0.5, 0.6) is 0 Å². The van der Waals surface area contributed by atoms with Gasteiger partial charge in [-0.05, 0) is 19.1 Å². The summed E-state index contributed by atoms with van der Waals surface area (Å²) in [6.07, 6.45) is 0.283. The first-order valence-corrected chi connectivity index (χ1v) is 8.26. The molecule has 0 atom stereocenters. The van der Waals surface area contributed by atoms with E-state index in [2.05, 4.69) is 20.2 Å². The minimum Gasteiger partial charge on any atom is -0.355 e. The van der Waals surface area contributed by atoms with Crippen LogP contribution < -0.4 is 10.6 Å². The number of aryl methyl sites for hydroxylation is 1. The number of hydrogen-bond donors (Lipinski definition) is 2. The molecule has 2 amide bonds. The van der Waals surface area contributed by atoms with E-state index in [4.69, 9.17) is 0 Å². The van der Waals surface area contributed by atoms with Gasteiger partial charge in [-0.25, -0.2) is 4.98 Å². The lowest BCUT2D eigenvalue weighted by Crippen LogP contribution is -2.37. The molecule has 0 saturated heterocycles. The number of fused-ring (bicyclic) bond motifs is 1. The van der Waals surface area contributed by atoms with Crippen molar-refractivity contribution in [2.24, 2.45) is 5.41 Å². The summed E-state index contributed by atoms with van der Waals surface area (Å²) in [5.74, 6) is 0.824. The zero-order valence-corrected chi connectivity index (χ0v) is 14.8. The number of amides is 2. The van der Waals surface area contributed by atoms with Crippen LogP contribution in [0.3, 0.4) is 0 Å². The Labute approximate surface area is 142 Å². The highest BCUT2D eigenvalue weighted by Gasteiger charge is 2.20. The van der Waals surface area contributed by atoms with Gasteiger partial charge in [0, 0.05) is 31.5 Å². The minimum absolute atomic E-state index is 0.0455. The van der Waals surface area contributed by atoms with Crippen LogP contribution in [0, 0.1) is 12.3 Å². The van der Waals surface area contributed by atoms with E-state index < -0.39 is 5.41 Å². The second-order valence-electron chi connectivity index (χ2n) is 6.91. The van der Waals surface area contributed by atoms with Crippen LogP contribution in [0.2, 0.25) is 0 Å². The molecule has 0 unspecified atom stereocenters. The predicted molar refractivity (Wildman–Crippen MR) is 94.6 cm³/mol. The Morgan fingerprint density at radius 2 is 1.83 bits per heavy atom. The number of nitrogens with zero attached hydrogens (tertiary/aromatic N) is 2. The van der Waals surface area contributed by atoms with E-state index in [-0.39, 0.29) is 18.2 Å². The SMILES string of the molecule is Cc1nc2ccccc2n1CCNC(=O)CCNC(=O)C(C)(C)C. The van der Waals surface area contributed by atoms with Crippen molar-refractivity contribution in [2.75, 3.05) is 13.1 Å². The Morgan fingerprint density at radius 3 is 2.54 bits per heavy atom. The zero-order chi connectivity index (χ0) is 17.7. The molecule has 0 spiro atoms. The average Bonchev–Trinajstić information content (AvgIpc) is 2.82. The molecule has 2 N–H and O–H groups in total. The molecule has 1 aromatic heterocycles. The molecule has 0 aliphatic rings. The van der Waals surface area contributed by atoms with Crippen molar-refractivity contribution in [1.82, 2.24) is 20.2 Å². The lowest BCUT2D eigenvalue weighted by Gasteiger charge is -2.17. The fourth-order valence-electron chi connectivity index (χ4n) is 2.43. The van der Waals surface area contributed by atoms with E-state index in [1.165, 1.54) is 0 Å². The Bertz CT molecular complexity index is 728. The molecule has 24 heavy (non-hydrogen) atoms. The summed E-state index contributed by atoms with van der Waals surface area (Å²) in [6, 6.07) is 7.96. The summed E-state index contributed by atoms with van der Waals surface area (Å²) >= 11 is 0. The monoisotopic (exact) mass is 330 g/mol. The fraction of sp³-hybridized carbons (Fsp3) is 0.500. The van der Waals surface area contributed by atoms with Crippen molar-refractivity contribution in [3.8, 4) is 0 Å². The van der Waals surface area contributed by atoms with E-state index in [0.29, 0.717) is 19.6 Å². The molecule has 0 aliphatic heterocycles. The van der Waals surface area contributed by atoms with E-state index in [0.717, 1.165) is 16.9 Å². The van der Waals surface area contributed by atoms with Gasteiger partial charge in [0.2, 0.25) is 11.8 Å². The molecule has 2 rings (SSSR count). The molecule has 2 aromatic rings. The minimum atomic E-state index is -0.434. The first-order chi connectivity index (χ1) is 11.3. The fourth-order valence-corrected chi connectivity index (χ4v) is 2.43. The van der Waals surface area contributed by atoms with Crippen LogP contribution in [0.15, 0.2) is 24.3 Å². The number of aromatic nitrogens is 2. The molecule has 0 saturated carbocycles. The van der Waals surface area contributed by atoms with Gasteiger partial charge in [0.25, 0.3) is 0 Å². The largest absolute Gasteiger partial charge is 0.355 e. The smallest absolute Gasteiger partial charge is 0.225 e. The molecular weight excluding hydrogens is 304 g/mol. The van der Waals surface area contributed by atoms with Crippen LogP contribution in [-0.4, -0.2) is 34.5 Å². The number of carbonyl (C=O) groups is 2. The number of nitrogens with one attached hydrogen (secondary N) is 2. The van der Waals surface area contributed by atoms with Crippen LogP contribution in [0.1, 0.15) is 33.0 Å². The van der Waals surface area contributed by atoms with Crippen molar-refractivity contribution >= 4 is 22.8 Å². The summed E-state index contributed by atoms with van der Waals surface area (Å²) in [5, 5.41) is 5.66. The second-order valence-corrected chi connectivity index (χ2v) is 6.91. The lowest BCUT2D eigenvalue weighted by atomic mass is 9.96. The molecule has 0 bridgehead atoms. The van der Waals surface area contributed by atoms with Crippen molar-refractivity contribution in [3.63, 3.8) is 0 Å². The topological polar surface area (TPSA) is 76.0 Å². The number of hydrogen-bond acceptors (Lipinski definition) is 3. The van der Waals surface area contributed by atoms with Crippen LogP contribution in [-0.2, 0) is 16.1 Å². The highest BCUT2D eigenvalue weighted by Crippen LogP contribution is 2.14. The van der Waals surface area contributed by atoms with Gasteiger partial charge in [0.05, 0.1) is 11.0 Å². The zero-order valence-electron chi connectivity index (χ0n) is 14.8. The first-order valence-electron chi connectivity index (χ1n) is 8.26. The third kappa shape index (κ3) is 4.57. The molecule has 0 radical (unpaired) electrons. The van der Waals surface area contributed by atoms with Crippen LogP contribution in [0.25, 0.3) is 11.0 Å². The molecule has 6 heteroatoms. The molecule has 6 nitrogen and oxygen atoms in total. The van der Waals surface area contributed by atoms with E-state index in [9.17, 15) is 9.59 Å². The van der Waals surface area contributed by atoms with Gasteiger partial charge < -0.3 is 15.2 Å². The van der Waals surface area contributed by atoms with Crippen molar-refractivity contribution in [1.29, 1.82) is 0 Å². The maximum absolute atomic E-state index is 11.9. The molecule has 1 aromatic carbocycles. The summed E-state index contributed by atoms with van der Waals surface area (Å²) < 4.78 is 2.09. The van der Waals surface area contributed by atoms with Crippen molar-refractivity contribution < 1.29 is 9.59 Å². The summed E-state index contributed by atoms with van der Waals surface area (Å²) in [6.45, 7) is 9.07. The van der Waals surface area contributed by atoms with Gasteiger partial charge in [-0.1, -0.05) is 32.9 Å². The predicted octanol–water partition coefficient (Wildman–Crippen LogP) is 2.01. The maximum atomic E-state index is 11.9. The summed E-state index contributed by atoms with van der Waals surface area (Å²) in [7, 11) is 0. The normalized spacial score (nSPS) is 11.5. The highest BCUT2D eigenvalue weighted by atomic mass is 16.2. The van der Waals surface area contributed by atoms with E-state index >= 15 is 0 Å². The maximum Gasteiger partial charge on any atom is 0.225 e. The summed E-state index contributed by atoms with van der Waals surface area (Å²) in [5.41, 5.74) is 1.60. The van der Waals surface area contributed by atoms with Crippen molar-refractivity contribution in [2.45, 2.75) is 40.7 Å². The second kappa shape index (κ2) is 7.47. The van der Waals surface area contributed by atoms with Crippen molar-refractivity contribution in [3.05, 3.63) is 30.1 Å². The number of benzene rings is 1. The van der Waals surface area contributed by atoms with E-state index in [1.54, 1.807) is 0 Å². The van der Waals surface area contributed by atoms with Gasteiger partial charge in [-0.2, -0.15) is 0 Å². The number of carbonyl (C=O) groups excluding carboxylic acids is 2. The van der Waals surface area contributed by atoms with Gasteiger partial charge in [-0.15, -0.1) is 0 Å². The Morgan fingerprint density at radius 1 is 1.12 bits per heavy atom. The lowest BCUT2D eigenvalue weighted by molar-refractivity contribution is -0.128. The number of imidazole rings is 1. The van der Waals surface area contributed by atoms with E-state index in [1.807, 2.05) is 52.0 Å². The average molecular weight is 330 g/mol. The van der Waals surface area contributed by atoms with Crippen LogP contribution >= 0.6 is 0 Å². The molecule has 0 aliphatic carbocycles. The first kappa shape index (κ1) is 18.0. The molecular formula is C18H26N4O2. The Balaban J connectivity index is 1.76. The van der Waals surface area contributed by atoms with Gasteiger partial charge >= 0.3 is 0 Å². The van der Waals surface area contributed by atoms with Crippen LogP contribution in [0.4, 0.5) is 0 Å². The number of para-hydroxylation sites is 2. The third-order valence-corrected chi connectivity index (χ3v) is 3.82. The molecule has 1 heterocycles. The summed E-state index contributed by atoms with van der Waals surface area (Å²) in [4.78, 5) is 28.1. The Hall–Kier alpha value is -2.37. The molecule has 0 fully saturated rings. The molecule has 130 valence electrons. The third-order valence-electron chi connectivity index (χ3n) is 3.82. The van der Waals surface area contributed by atoms with Gasteiger partial charge in [0.15, 0.2) is 0 Å². The quantitative estimate of drug-likeness (QED) is 0.851. The Kier molecular flexibility index (Phi) is 5.59. The van der Waals surface area contributed by atoms with Gasteiger partial charge in [0.1, 0.15) is 5.82 Å². The number of rotatable bonds is 6. The highest BCUT2D eigenvalue weighted by molar-refractivity contribution is 5.82.